The third kappa shape index (κ3) is 3.41. The predicted molar refractivity (Wildman–Crippen MR) is 95.7 cm³/mol. The van der Waals surface area contributed by atoms with Crippen molar-refractivity contribution >= 4 is 16.7 Å². The molecule has 0 amide bonds. The minimum absolute atomic E-state index is 0.108. The van der Waals surface area contributed by atoms with Gasteiger partial charge in [0.05, 0.1) is 7.11 Å². The smallest absolute Gasteiger partial charge is 0.203 e. The number of hydrogen-bond acceptors (Lipinski definition) is 6. The normalized spacial score (nSPS) is 12.4. The molecule has 3 aromatic rings. The number of aromatic nitrogens is 4. The van der Waals surface area contributed by atoms with Gasteiger partial charge in [0.15, 0.2) is 0 Å². The highest BCUT2D eigenvalue weighted by Gasteiger charge is 2.20. The van der Waals surface area contributed by atoms with E-state index in [1.54, 1.807) is 13.3 Å². The molecule has 0 spiro atoms. The number of aryl methyl sites for hydroxylation is 1. The Balaban J connectivity index is 1.93. The van der Waals surface area contributed by atoms with Crippen molar-refractivity contribution in [3.05, 3.63) is 53.9 Å². The van der Waals surface area contributed by atoms with Gasteiger partial charge in [0, 0.05) is 36.9 Å². The largest absolute Gasteiger partial charge is 0.497 e. The molecule has 1 unspecified atom stereocenters. The SMILES string of the molecule is COc1ccc(C(Nc2nc(C(C)C)ns2)c2nccn2C)cc1. The number of rotatable bonds is 6. The number of imidazole rings is 1. The molecule has 0 aliphatic heterocycles. The first kappa shape index (κ1) is 16.4. The van der Waals surface area contributed by atoms with Crippen LogP contribution in [0.2, 0.25) is 0 Å². The Hall–Kier alpha value is -2.41. The standard InChI is InChI=1S/C17H21N5OS/c1-11(2)15-20-17(24-21-15)19-14(16-18-9-10-22(16)3)12-5-7-13(23-4)8-6-12/h5-11,14H,1-4H3,(H,19,20,21). The average Bonchev–Trinajstić information content (AvgIpc) is 3.22. The molecule has 126 valence electrons. The Morgan fingerprint density at radius 1 is 1.21 bits per heavy atom. The molecule has 0 aliphatic carbocycles. The maximum atomic E-state index is 5.25. The molecule has 2 heterocycles. The molecule has 1 atom stereocenters. The summed E-state index contributed by atoms with van der Waals surface area (Å²) in [5.41, 5.74) is 1.09. The Morgan fingerprint density at radius 2 is 1.96 bits per heavy atom. The molecule has 6 nitrogen and oxygen atoms in total. The Morgan fingerprint density at radius 3 is 2.50 bits per heavy atom. The van der Waals surface area contributed by atoms with E-state index in [9.17, 15) is 0 Å². The molecule has 0 saturated heterocycles. The molecule has 7 heteroatoms. The Labute approximate surface area is 145 Å². The summed E-state index contributed by atoms with van der Waals surface area (Å²) in [4.78, 5) is 9.08. The van der Waals surface area contributed by atoms with Crippen LogP contribution in [0.5, 0.6) is 5.75 Å². The molecule has 1 aromatic carbocycles. The van der Waals surface area contributed by atoms with Gasteiger partial charge in [0.2, 0.25) is 5.13 Å². The number of methoxy groups -OCH3 is 1. The second-order valence-corrected chi connectivity index (χ2v) is 6.61. The van der Waals surface area contributed by atoms with Gasteiger partial charge >= 0.3 is 0 Å². The lowest BCUT2D eigenvalue weighted by Crippen LogP contribution is -2.16. The molecule has 1 N–H and O–H groups in total. The van der Waals surface area contributed by atoms with Gasteiger partial charge < -0.3 is 14.6 Å². The zero-order valence-electron chi connectivity index (χ0n) is 14.2. The van der Waals surface area contributed by atoms with Crippen molar-refractivity contribution in [3.8, 4) is 5.75 Å². The van der Waals surface area contributed by atoms with Crippen molar-refractivity contribution in [3.63, 3.8) is 0 Å². The van der Waals surface area contributed by atoms with Crippen LogP contribution in [0.1, 0.15) is 43.0 Å². The number of benzene rings is 1. The third-order valence-corrected chi connectivity index (χ3v) is 4.45. The molecular weight excluding hydrogens is 322 g/mol. The van der Waals surface area contributed by atoms with E-state index < -0.39 is 0 Å². The fourth-order valence-electron chi connectivity index (χ4n) is 2.40. The van der Waals surface area contributed by atoms with Gasteiger partial charge in [0.25, 0.3) is 0 Å². The summed E-state index contributed by atoms with van der Waals surface area (Å²) >= 11 is 1.38. The number of nitrogens with one attached hydrogen (secondary N) is 1. The molecule has 0 aliphatic rings. The van der Waals surface area contributed by atoms with Crippen molar-refractivity contribution in [1.82, 2.24) is 18.9 Å². The van der Waals surface area contributed by atoms with Gasteiger partial charge in [-0.25, -0.2) is 9.97 Å². The lowest BCUT2D eigenvalue weighted by molar-refractivity contribution is 0.414. The average molecular weight is 343 g/mol. The van der Waals surface area contributed by atoms with Crippen LogP contribution in [0, 0.1) is 0 Å². The number of nitrogens with zero attached hydrogens (tertiary/aromatic N) is 4. The quantitative estimate of drug-likeness (QED) is 0.741. The third-order valence-electron chi connectivity index (χ3n) is 3.79. The van der Waals surface area contributed by atoms with Gasteiger partial charge in [0.1, 0.15) is 23.4 Å². The van der Waals surface area contributed by atoms with E-state index in [0.29, 0.717) is 5.92 Å². The first-order valence-corrected chi connectivity index (χ1v) is 8.57. The van der Waals surface area contributed by atoms with E-state index in [-0.39, 0.29) is 6.04 Å². The topological polar surface area (TPSA) is 64.9 Å². The second kappa shape index (κ2) is 7.00. The zero-order chi connectivity index (χ0) is 17.1. The van der Waals surface area contributed by atoms with E-state index in [2.05, 4.69) is 33.5 Å². The van der Waals surface area contributed by atoms with Crippen LogP contribution in [-0.4, -0.2) is 26.0 Å². The molecule has 24 heavy (non-hydrogen) atoms. The van der Waals surface area contributed by atoms with Crippen molar-refractivity contribution < 1.29 is 4.74 Å². The van der Waals surface area contributed by atoms with E-state index in [1.807, 2.05) is 42.1 Å². The number of ether oxygens (including phenoxy) is 1. The van der Waals surface area contributed by atoms with E-state index >= 15 is 0 Å². The van der Waals surface area contributed by atoms with E-state index in [0.717, 1.165) is 28.1 Å². The molecule has 3 rings (SSSR count). The van der Waals surface area contributed by atoms with Crippen molar-refractivity contribution in [2.24, 2.45) is 7.05 Å². The fraction of sp³-hybridized carbons (Fsp3) is 0.353. The van der Waals surface area contributed by atoms with Gasteiger partial charge in [-0.2, -0.15) is 4.37 Å². The molecule has 0 bridgehead atoms. The number of hydrogen-bond donors (Lipinski definition) is 1. The van der Waals surface area contributed by atoms with Crippen molar-refractivity contribution in [2.45, 2.75) is 25.8 Å². The first-order chi connectivity index (χ1) is 11.6. The fourth-order valence-corrected chi connectivity index (χ4v) is 3.14. The van der Waals surface area contributed by atoms with Crippen LogP contribution in [-0.2, 0) is 7.05 Å². The summed E-state index contributed by atoms with van der Waals surface area (Å²) < 4.78 is 11.7. The van der Waals surface area contributed by atoms with Gasteiger partial charge in [-0.3, -0.25) is 0 Å². The predicted octanol–water partition coefficient (Wildman–Crippen LogP) is 3.61. The van der Waals surface area contributed by atoms with Crippen LogP contribution < -0.4 is 10.1 Å². The lowest BCUT2D eigenvalue weighted by atomic mass is 10.1. The maximum Gasteiger partial charge on any atom is 0.203 e. The zero-order valence-corrected chi connectivity index (χ0v) is 15.0. The summed E-state index contributed by atoms with van der Waals surface area (Å²) in [7, 11) is 3.65. The lowest BCUT2D eigenvalue weighted by Gasteiger charge is -2.18. The van der Waals surface area contributed by atoms with Gasteiger partial charge in [-0.05, 0) is 17.7 Å². The molecule has 0 radical (unpaired) electrons. The maximum absolute atomic E-state index is 5.25. The minimum Gasteiger partial charge on any atom is -0.497 e. The summed E-state index contributed by atoms with van der Waals surface area (Å²) in [6.45, 7) is 4.18. The summed E-state index contributed by atoms with van der Waals surface area (Å²) in [6, 6.07) is 7.87. The Kier molecular flexibility index (Phi) is 4.80. The van der Waals surface area contributed by atoms with E-state index in [4.69, 9.17) is 4.74 Å². The molecule has 0 fully saturated rings. The molecule has 0 saturated carbocycles. The van der Waals surface area contributed by atoms with Crippen LogP contribution in [0.25, 0.3) is 0 Å². The highest BCUT2D eigenvalue weighted by atomic mass is 32.1. The van der Waals surface area contributed by atoms with Gasteiger partial charge in [-0.15, -0.1) is 0 Å². The summed E-state index contributed by atoms with van der Waals surface area (Å²) in [5.74, 6) is 2.91. The van der Waals surface area contributed by atoms with Crippen LogP contribution in [0.4, 0.5) is 5.13 Å². The molecule has 2 aromatic heterocycles. The highest BCUT2D eigenvalue weighted by molar-refractivity contribution is 7.09. The minimum atomic E-state index is -0.108. The number of anilines is 1. The summed E-state index contributed by atoms with van der Waals surface area (Å²) in [6.07, 6.45) is 3.74. The highest BCUT2D eigenvalue weighted by Crippen LogP contribution is 2.28. The van der Waals surface area contributed by atoms with Crippen LogP contribution >= 0.6 is 11.5 Å². The second-order valence-electron chi connectivity index (χ2n) is 5.86. The van der Waals surface area contributed by atoms with Crippen molar-refractivity contribution in [2.75, 3.05) is 12.4 Å². The van der Waals surface area contributed by atoms with E-state index in [1.165, 1.54) is 11.5 Å². The first-order valence-electron chi connectivity index (χ1n) is 7.79. The summed E-state index contributed by atoms with van der Waals surface area (Å²) in [5, 5.41) is 4.27. The Bertz CT molecular complexity index is 793. The van der Waals surface area contributed by atoms with Crippen LogP contribution in [0.3, 0.4) is 0 Å². The monoisotopic (exact) mass is 343 g/mol. The molecular formula is C17H21N5OS. The van der Waals surface area contributed by atoms with Crippen molar-refractivity contribution in [1.29, 1.82) is 0 Å². The van der Waals surface area contributed by atoms with Crippen LogP contribution in [0.15, 0.2) is 36.7 Å². The van der Waals surface area contributed by atoms with Gasteiger partial charge in [-0.1, -0.05) is 26.0 Å².